The number of nitrogens with one attached hydrogen (secondary N) is 1. The van der Waals surface area contributed by atoms with E-state index in [0.717, 1.165) is 19.3 Å². The Balaban J connectivity index is 3.33. The largest absolute Gasteiger partial charge is 0.382 e. The zero-order valence-corrected chi connectivity index (χ0v) is 9.01. The first kappa shape index (κ1) is 13.0. The van der Waals surface area contributed by atoms with Gasteiger partial charge >= 0.3 is 0 Å². The van der Waals surface area contributed by atoms with Crippen LogP contribution in [0.4, 0.5) is 0 Å². The van der Waals surface area contributed by atoms with Crippen LogP contribution < -0.4 is 5.32 Å². The number of hydrogen-bond acceptors (Lipinski definition) is 2. The van der Waals surface area contributed by atoms with Crippen LogP contribution in [0.25, 0.3) is 0 Å². The lowest BCUT2D eigenvalue weighted by Crippen LogP contribution is -2.25. The van der Waals surface area contributed by atoms with Crippen molar-refractivity contribution in [2.45, 2.75) is 38.7 Å². The summed E-state index contributed by atoms with van der Waals surface area (Å²) in [5.41, 5.74) is 0. The molecule has 0 saturated heterocycles. The molecule has 0 aliphatic rings. The molecule has 14 heavy (non-hydrogen) atoms. The molecule has 0 saturated carbocycles. The van der Waals surface area contributed by atoms with E-state index in [9.17, 15) is 4.79 Å². The van der Waals surface area contributed by atoms with Gasteiger partial charge in [-0.25, -0.2) is 0 Å². The van der Waals surface area contributed by atoms with Crippen LogP contribution in [0.15, 0.2) is 0 Å². The summed E-state index contributed by atoms with van der Waals surface area (Å²) in [4.78, 5) is 11.2. The van der Waals surface area contributed by atoms with Gasteiger partial charge in [-0.1, -0.05) is 0 Å². The Morgan fingerprint density at radius 3 is 2.93 bits per heavy atom. The Morgan fingerprint density at radius 1 is 1.64 bits per heavy atom. The minimum Gasteiger partial charge on any atom is -0.382 e. The summed E-state index contributed by atoms with van der Waals surface area (Å²) in [7, 11) is 1.65. The van der Waals surface area contributed by atoms with Crippen molar-refractivity contribution in [3.8, 4) is 12.3 Å². The molecule has 0 bridgehead atoms. The van der Waals surface area contributed by atoms with Crippen molar-refractivity contribution >= 4 is 5.91 Å². The van der Waals surface area contributed by atoms with E-state index in [1.165, 1.54) is 0 Å². The Morgan fingerprint density at radius 2 is 2.36 bits per heavy atom. The van der Waals surface area contributed by atoms with Crippen LogP contribution in [-0.4, -0.2) is 25.7 Å². The van der Waals surface area contributed by atoms with Crippen molar-refractivity contribution in [2.24, 2.45) is 0 Å². The topological polar surface area (TPSA) is 38.3 Å². The van der Waals surface area contributed by atoms with E-state index in [-0.39, 0.29) is 12.0 Å². The lowest BCUT2D eigenvalue weighted by atomic mass is 10.2. The van der Waals surface area contributed by atoms with E-state index in [4.69, 9.17) is 11.2 Å². The van der Waals surface area contributed by atoms with Crippen LogP contribution >= 0.6 is 0 Å². The third-order valence-electron chi connectivity index (χ3n) is 2.00. The van der Waals surface area contributed by atoms with Gasteiger partial charge in [0.1, 0.15) is 0 Å². The number of unbranched alkanes of at least 4 members (excludes halogenated alkanes) is 1. The summed E-state index contributed by atoms with van der Waals surface area (Å²) in [6, 6.07) is 0. The highest BCUT2D eigenvalue weighted by molar-refractivity contribution is 5.75. The van der Waals surface area contributed by atoms with Gasteiger partial charge in [0.15, 0.2) is 0 Å². The van der Waals surface area contributed by atoms with E-state index in [2.05, 4.69) is 11.2 Å². The van der Waals surface area contributed by atoms with Gasteiger partial charge < -0.3 is 10.1 Å². The molecule has 0 fully saturated rings. The third-order valence-corrected chi connectivity index (χ3v) is 2.00. The summed E-state index contributed by atoms with van der Waals surface area (Å²) in [6.07, 6.45) is 8.07. The summed E-state index contributed by atoms with van der Waals surface area (Å²) >= 11 is 0. The molecule has 3 heteroatoms. The van der Waals surface area contributed by atoms with Crippen LogP contribution in [0.2, 0.25) is 0 Å². The summed E-state index contributed by atoms with van der Waals surface area (Å²) in [5.74, 6) is 2.60. The molecule has 3 nitrogen and oxygen atoms in total. The van der Waals surface area contributed by atoms with E-state index < -0.39 is 0 Å². The van der Waals surface area contributed by atoms with Gasteiger partial charge in [0.2, 0.25) is 5.91 Å². The second kappa shape index (κ2) is 8.58. The first-order chi connectivity index (χ1) is 6.70. The monoisotopic (exact) mass is 197 g/mol. The van der Waals surface area contributed by atoms with Crippen LogP contribution in [0.5, 0.6) is 0 Å². The number of amides is 1. The molecule has 80 valence electrons. The van der Waals surface area contributed by atoms with Crippen LogP contribution in [0.1, 0.15) is 32.6 Å². The molecule has 0 aromatic heterocycles. The number of hydrogen-bond donors (Lipinski definition) is 1. The fourth-order valence-corrected chi connectivity index (χ4v) is 0.959. The van der Waals surface area contributed by atoms with Crippen molar-refractivity contribution in [3.63, 3.8) is 0 Å². The van der Waals surface area contributed by atoms with E-state index in [0.29, 0.717) is 13.0 Å². The quantitative estimate of drug-likeness (QED) is 0.494. The van der Waals surface area contributed by atoms with E-state index in [1.54, 1.807) is 7.11 Å². The van der Waals surface area contributed by atoms with Gasteiger partial charge in [-0.05, 0) is 19.8 Å². The number of terminal acetylenes is 1. The van der Waals surface area contributed by atoms with Gasteiger partial charge in [-0.3, -0.25) is 4.79 Å². The molecule has 0 spiro atoms. The van der Waals surface area contributed by atoms with Gasteiger partial charge in [0.25, 0.3) is 0 Å². The SMILES string of the molecule is C#CCCCNC(=O)CCC(C)OC. The first-order valence-corrected chi connectivity index (χ1v) is 4.93. The molecular formula is C11H19NO2. The van der Waals surface area contributed by atoms with Crippen molar-refractivity contribution in [1.82, 2.24) is 5.32 Å². The fraction of sp³-hybridized carbons (Fsp3) is 0.727. The highest BCUT2D eigenvalue weighted by Crippen LogP contribution is 1.99. The van der Waals surface area contributed by atoms with E-state index >= 15 is 0 Å². The molecule has 0 aromatic rings. The molecule has 0 aromatic carbocycles. The molecule has 0 heterocycles. The van der Waals surface area contributed by atoms with Gasteiger partial charge in [-0.15, -0.1) is 12.3 Å². The third kappa shape index (κ3) is 7.63. The highest BCUT2D eigenvalue weighted by atomic mass is 16.5. The number of ether oxygens (including phenoxy) is 1. The first-order valence-electron chi connectivity index (χ1n) is 4.93. The van der Waals surface area contributed by atoms with Crippen molar-refractivity contribution in [3.05, 3.63) is 0 Å². The summed E-state index contributed by atoms with van der Waals surface area (Å²) in [5, 5.41) is 2.81. The Hall–Kier alpha value is -1.01. The maximum atomic E-state index is 11.2. The van der Waals surface area contributed by atoms with E-state index in [1.807, 2.05) is 6.92 Å². The van der Waals surface area contributed by atoms with Crippen molar-refractivity contribution in [2.75, 3.05) is 13.7 Å². The second-order valence-electron chi connectivity index (χ2n) is 3.24. The average Bonchev–Trinajstić information content (AvgIpc) is 2.21. The number of carbonyl (C=O) groups is 1. The smallest absolute Gasteiger partial charge is 0.220 e. The molecule has 1 N–H and O–H groups in total. The molecule has 1 unspecified atom stereocenters. The predicted molar refractivity (Wildman–Crippen MR) is 56.8 cm³/mol. The van der Waals surface area contributed by atoms with Gasteiger partial charge in [-0.2, -0.15) is 0 Å². The predicted octanol–water partition coefficient (Wildman–Crippen LogP) is 1.33. The molecular weight excluding hydrogens is 178 g/mol. The maximum Gasteiger partial charge on any atom is 0.220 e. The van der Waals surface area contributed by atoms with Gasteiger partial charge in [0, 0.05) is 26.5 Å². The molecule has 0 rings (SSSR count). The zero-order chi connectivity index (χ0) is 10.8. The van der Waals surface area contributed by atoms with Crippen LogP contribution in [0, 0.1) is 12.3 Å². The second-order valence-corrected chi connectivity index (χ2v) is 3.24. The minimum atomic E-state index is 0.0749. The minimum absolute atomic E-state index is 0.0749. The average molecular weight is 197 g/mol. The zero-order valence-electron chi connectivity index (χ0n) is 9.01. The molecule has 1 amide bonds. The molecule has 1 atom stereocenters. The maximum absolute atomic E-state index is 11.2. The number of methoxy groups -OCH3 is 1. The van der Waals surface area contributed by atoms with Crippen LogP contribution in [-0.2, 0) is 9.53 Å². The molecule has 0 radical (unpaired) electrons. The number of carbonyl (C=O) groups excluding carboxylic acids is 1. The van der Waals surface area contributed by atoms with Crippen molar-refractivity contribution in [1.29, 1.82) is 0 Å². The fourth-order valence-electron chi connectivity index (χ4n) is 0.959. The Bertz CT molecular complexity index is 196. The number of rotatable bonds is 7. The Labute approximate surface area is 86.2 Å². The van der Waals surface area contributed by atoms with Crippen LogP contribution in [0.3, 0.4) is 0 Å². The van der Waals surface area contributed by atoms with Crippen molar-refractivity contribution < 1.29 is 9.53 Å². The molecule has 0 aliphatic carbocycles. The summed E-state index contributed by atoms with van der Waals surface area (Å²) in [6.45, 7) is 2.62. The van der Waals surface area contributed by atoms with Gasteiger partial charge in [0.05, 0.1) is 6.10 Å². The lowest BCUT2D eigenvalue weighted by molar-refractivity contribution is -0.121. The normalized spacial score (nSPS) is 11.8. The Kier molecular flexibility index (Phi) is 7.96. The molecule has 0 aliphatic heterocycles. The highest BCUT2D eigenvalue weighted by Gasteiger charge is 2.04. The standard InChI is InChI=1S/C11H19NO2/c1-4-5-6-9-12-11(13)8-7-10(2)14-3/h1,10H,5-9H2,2-3H3,(H,12,13). The lowest BCUT2D eigenvalue weighted by Gasteiger charge is -2.08. The summed E-state index contributed by atoms with van der Waals surface area (Å²) < 4.78 is 5.04.